The molecule has 4 aromatic rings. The summed E-state index contributed by atoms with van der Waals surface area (Å²) in [5, 5.41) is 10.7. The number of ether oxygens (including phenoxy) is 2. The number of halogens is 2. The van der Waals surface area contributed by atoms with Gasteiger partial charge in [0.25, 0.3) is 0 Å². The van der Waals surface area contributed by atoms with Gasteiger partial charge >= 0.3 is 0 Å². The lowest BCUT2D eigenvalue weighted by Crippen LogP contribution is -2.56. The second kappa shape index (κ2) is 8.78. The standard InChI is InChI=1S/C26H23F2N7O2S/c1-36-13-8-35(9-13)12-2-3-34(7-12)26-32-5-15-16-10-37-11-17(16)19(21(28)22(15)33-26)23-20-14(4-29)25(30)38-24(20)18(27)6-31-23/h5-6,12-13H,2-3,7-11,30H2,1H3/t12-/m0/s1. The van der Waals surface area contributed by atoms with Crippen molar-refractivity contribution in [3.05, 3.63) is 40.7 Å². The van der Waals surface area contributed by atoms with Crippen LogP contribution in [-0.2, 0) is 22.7 Å². The van der Waals surface area contributed by atoms with E-state index >= 15 is 4.39 Å². The number of pyridine rings is 1. The Morgan fingerprint density at radius 2 is 2.00 bits per heavy atom. The summed E-state index contributed by atoms with van der Waals surface area (Å²) in [5.41, 5.74) is 7.97. The number of nitrogens with zero attached hydrogens (tertiary/aromatic N) is 6. The van der Waals surface area contributed by atoms with Gasteiger partial charge in [0.15, 0.2) is 11.6 Å². The third-order valence-corrected chi connectivity index (χ3v) is 8.93. The topological polar surface area (TPSA) is 113 Å². The van der Waals surface area contributed by atoms with Crippen molar-refractivity contribution >= 4 is 43.3 Å². The number of hydrogen-bond donors (Lipinski definition) is 1. The second-order valence-corrected chi connectivity index (χ2v) is 10.9. The van der Waals surface area contributed by atoms with E-state index < -0.39 is 11.6 Å². The molecule has 0 unspecified atom stereocenters. The summed E-state index contributed by atoms with van der Waals surface area (Å²) < 4.78 is 42.4. The maximum Gasteiger partial charge on any atom is 0.226 e. The highest BCUT2D eigenvalue weighted by Crippen LogP contribution is 2.45. The predicted octanol–water partition coefficient (Wildman–Crippen LogP) is 3.58. The summed E-state index contributed by atoms with van der Waals surface area (Å²) in [4.78, 5) is 18.0. The third kappa shape index (κ3) is 3.39. The van der Waals surface area contributed by atoms with Crippen LogP contribution in [0.2, 0.25) is 0 Å². The molecule has 12 heteroatoms. The number of benzene rings is 1. The number of likely N-dealkylation sites (tertiary alicyclic amines) is 1. The Hall–Kier alpha value is -3.50. The van der Waals surface area contributed by atoms with Crippen LogP contribution in [0.4, 0.5) is 19.7 Å². The molecule has 0 aliphatic carbocycles. The second-order valence-electron chi connectivity index (χ2n) is 9.88. The molecule has 3 aliphatic rings. The van der Waals surface area contributed by atoms with Crippen molar-refractivity contribution < 1.29 is 18.3 Å². The van der Waals surface area contributed by atoms with Crippen LogP contribution in [0.1, 0.15) is 23.1 Å². The Labute approximate surface area is 220 Å². The van der Waals surface area contributed by atoms with Gasteiger partial charge in [-0.1, -0.05) is 0 Å². The van der Waals surface area contributed by atoms with Gasteiger partial charge in [0, 0.05) is 61.9 Å². The molecule has 1 atom stereocenters. The van der Waals surface area contributed by atoms with Crippen LogP contribution in [0.3, 0.4) is 0 Å². The summed E-state index contributed by atoms with van der Waals surface area (Å²) in [6, 6.07) is 2.41. The van der Waals surface area contributed by atoms with Gasteiger partial charge in [-0.25, -0.2) is 18.7 Å². The normalized spacial score (nSPS) is 19.8. The maximum atomic E-state index is 16.5. The highest BCUT2D eigenvalue weighted by molar-refractivity contribution is 7.23. The molecule has 194 valence electrons. The lowest BCUT2D eigenvalue weighted by molar-refractivity contribution is -0.0464. The van der Waals surface area contributed by atoms with Gasteiger partial charge in [0.1, 0.15) is 16.6 Å². The number of rotatable bonds is 4. The minimum Gasteiger partial charge on any atom is -0.389 e. The summed E-state index contributed by atoms with van der Waals surface area (Å²) >= 11 is 0.954. The molecule has 0 saturated carbocycles. The smallest absolute Gasteiger partial charge is 0.226 e. The van der Waals surface area contributed by atoms with E-state index in [2.05, 4.69) is 24.8 Å². The maximum absolute atomic E-state index is 16.5. The molecule has 2 fully saturated rings. The first kappa shape index (κ1) is 23.6. The Bertz CT molecular complexity index is 1660. The molecule has 2 saturated heterocycles. The Balaban J connectivity index is 1.35. The highest BCUT2D eigenvalue weighted by atomic mass is 32.1. The Morgan fingerprint density at radius 1 is 1.18 bits per heavy atom. The molecule has 0 bridgehead atoms. The summed E-state index contributed by atoms with van der Waals surface area (Å²) in [6.45, 7) is 3.78. The first-order valence-electron chi connectivity index (χ1n) is 12.3. The van der Waals surface area contributed by atoms with Crippen molar-refractivity contribution in [2.75, 3.05) is 43.9 Å². The molecule has 6 heterocycles. The molecule has 0 spiro atoms. The van der Waals surface area contributed by atoms with Gasteiger partial charge in [-0.05, 0) is 17.5 Å². The average Bonchev–Trinajstić information content (AvgIpc) is 3.63. The fourth-order valence-electron chi connectivity index (χ4n) is 5.83. The van der Waals surface area contributed by atoms with E-state index in [1.54, 1.807) is 13.3 Å². The average molecular weight is 536 g/mol. The number of hydrogen-bond acceptors (Lipinski definition) is 10. The van der Waals surface area contributed by atoms with E-state index in [1.807, 2.05) is 6.07 Å². The Morgan fingerprint density at radius 3 is 2.79 bits per heavy atom. The summed E-state index contributed by atoms with van der Waals surface area (Å²) in [7, 11) is 1.73. The number of nitrogens with two attached hydrogens (primary N) is 1. The van der Waals surface area contributed by atoms with Crippen LogP contribution in [0.5, 0.6) is 0 Å². The van der Waals surface area contributed by atoms with Gasteiger partial charge in [-0.15, -0.1) is 11.3 Å². The summed E-state index contributed by atoms with van der Waals surface area (Å²) in [6.07, 6.45) is 3.95. The van der Waals surface area contributed by atoms with Gasteiger partial charge in [-0.2, -0.15) is 5.26 Å². The number of nitriles is 1. The van der Waals surface area contributed by atoms with Crippen molar-refractivity contribution in [3.63, 3.8) is 0 Å². The minimum atomic E-state index is -0.608. The van der Waals surface area contributed by atoms with Gasteiger partial charge in [0.2, 0.25) is 5.95 Å². The Kier molecular flexibility index (Phi) is 5.45. The van der Waals surface area contributed by atoms with Crippen LogP contribution in [0.25, 0.3) is 32.2 Å². The largest absolute Gasteiger partial charge is 0.389 e. The zero-order chi connectivity index (χ0) is 26.1. The van der Waals surface area contributed by atoms with Crippen LogP contribution in [-0.4, -0.2) is 65.3 Å². The SMILES string of the molecule is COC1CN([C@H]2CCN(c3ncc4c5c(c(-c6ncc(F)c7sc(N)c(C#N)c67)c(F)c4n3)COC5)C2)C1. The number of fused-ring (bicyclic) bond motifs is 4. The fraction of sp³-hybridized carbons (Fsp3) is 0.385. The molecule has 0 amide bonds. The van der Waals surface area contributed by atoms with Crippen LogP contribution in [0, 0.1) is 23.0 Å². The first-order valence-corrected chi connectivity index (χ1v) is 13.2. The fourth-order valence-corrected chi connectivity index (χ4v) is 6.75. The van der Waals surface area contributed by atoms with Crippen LogP contribution < -0.4 is 10.6 Å². The lowest BCUT2D eigenvalue weighted by atomic mass is 9.94. The molecule has 1 aromatic carbocycles. The highest BCUT2D eigenvalue weighted by Gasteiger charge is 2.37. The molecule has 38 heavy (non-hydrogen) atoms. The van der Waals surface area contributed by atoms with Gasteiger partial charge < -0.3 is 20.1 Å². The van der Waals surface area contributed by atoms with Crippen molar-refractivity contribution in [2.24, 2.45) is 0 Å². The molecule has 9 nitrogen and oxygen atoms in total. The van der Waals surface area contributed by atoms with E-state index in [9.17, 15) is 9.65 Å². The van der Waals surface area contributed by atoms with Gasteiger partial charge in [0.05, 0.1) is 41.5 Å². The number of anilines is 2. The monoisotopic (exact) mass is 535 g/mol. The molecule has 3 aromatic heterocycles. The van der Waals surface area contributed by atoms with E-state index in [0.717, 1.165) is 55.7 Å². The van der Waals surface area contributed by atoms with Crippen molar-refractivity contribution in [1.82, 2.24) is 19.9 Å². The molecule has 2 N–H and O–H groups in total. The molecule has 3 aliphatic heterocycles. The third-order valence-electron chi connectivity index (χ3n) is 7.90. The van der Waals surface area contributed by atoms with Crippen LogP contribution >= 0.6 is 11.3 Å². The molecular formula is C26H23F2N7O2S. The number of thiophene rings is 1. The van der Waals surface area contributed by atoms with Crippen LogP contribution in [0.15, 0.2) is 12.4 Å². The van der Waals surface area contributed by atoms with Crippen molar-refractivity contribution in [1.29, 1.82) is 5.26 Å². The number of aromatic nitrogens is 3. The predicted molar refractivity (Wildman–Crippen MR) is 139 cm³/mol. The minimum absolute atomic E-state index is 0.0901. The quantitative estimate of drug-likeness (QED) is 0.419. The molecular weight excluding hydrogens is 512 g/mol. The number of methoxy groups -OCH3 is 1. The first-order chi connectivity index (χ1) is 18.5. The zero-order valence-corrected chi connectivity index (χ0v) is 21.3. The van der Waals surface area contributed by atoms with E-state index in [1.165, 1.54) is 0 Å². The number of nitrogen functional groups attached to an aromatic ring is 1. The molecule has 7 rings (SSSR count). The van der Waals surface area contributed by atoms with E-state index in [-0.39, 0.29) is 56.7 Å². The van der Waals surface area contributed by atoms with E-state index in [0.29, 0.717) is 22.9 Å². The van der Waals surface area contributed by atoms with Crippen molar-refractivity contribution in [3.8, 4) is 17.3 Å². The zero-order valence-electron chi connectivity index (χ0n) is 20.5. The lowest BCUT2D eigenvalue weighted by Gasteiger charge is -2.42. The van der Waals surface area contributed by atoms with E-state index in [4.69, 9.17) is 15.2 Å². The molecule has 0 radical (unpaired) electrons. The summed E-state index contributed by atoms with van der Waals surface area (Å²) in [5.74, 6) is -0.742. The van der Waals surface area contributed by atoms with Gasteiger partial charge in [-0.3, -0.25) is 9.88 Å². The van der Waals surface area contributed by atoms with Crippen molar-refractivity contribution in [2.45, 2.75) is 31.8 Å².